The van der Waals surface area contributed by atoms with Gasteiger partial charge in [0.1, 0.15) is 5.75 Å². The van der Waals surface area contributed by atoms with Crippen molar-refractivity contribution in [3.05, 3.63) is 22.7 Å². The number of methoxy groups -OCH3 is 1. The van der Waals surface area contributed by atoms with E-state index in [2.05, 4.69) is 10.2 Å². The van der Waals surface area contributed by atoms with Crippen LogP contribution in [0.2, 0.25) is 5.02 Å². The van der Waals surface area contributed by atoms with E-state index in [4.69, 9.17) is 22.1 Å². The fourth-order valence-corrected chi connectivity index (χ4v) is 4.51. The molecule has 1 aliphatic carbocycles. The van der Waals surface area contributed by atoms with Crippen LogP contribution in [0.25, 0.3) is 0 Å². The average Bonchev–Trinajstić information content (AvgIpc) is 2.93. The number of ether oxygens (including phenoxy) is 1. The fourth-order valence-electron chi connectivity index (χ4n) is 4.35. The first-order valence-corrected chi connectivity index (χ1v) is 10.6. The van der Waals surface area contributed by atoms with E-state index in [1.54, 1.807) is 12.1 Å². The molecule has 27 heavy (non-hydrogen) atoms. The van der Waals surface area contributed by atoms with E-state index in [0.717, 1.165) is 31.8 Å². The molecule has 0 aromatic heterocycles. The van der Waals surface area contributed by atoms with Crippen molar-refractivity contribution in [3.8, 4) is 5.75 Å². The van der Waals surface area contributed by atoms with Crippen LogP contribution in [0.3, 0.4) is 0 Å². The molecule has 3 rings (SSSR count). The van der Waals surface area contributed by atoms with Crippen LogP contribution in [-0.2, 0) is 0 Å². The molecule has 0 radical (unpaired) electrons. The number of anilines is 1. The zero-order valence-electron chi connectivity index (χ0n) is 16.3. The highest BCUT2D eigenvalue weighted by molar-refractivity contribution is 6.33. The molecule has 3 N–H and O–H groups in total. The molecule has 1 heterocycles. The monoisotopic (exact) mass is 393 g/mol. The summed E-state index contributed by atoms with van der Waals surface area (Å²) in [7, 11) is 1.53. The summed E-state index contributed by atoms with van der Waals surface area (Å²) in [5.41, 5.74) is 6.66. The molecule has 2 fully saturated rings. The quantitative estimate of drug-likeness (QED) is 0.583. The third-order valence-electron chi connectivity index (χ3n) is 5.98. The molecule has 1 saturated carbocycles. The summed E-state index contributed by atoms with van der Waals surface area (Å²) in [5, 5.41) is 3.52. The van der Waals surface area contributed by atoms with Gasteiger partial charge in [-0.2, -0.15) is 0 Å². The lowest BCUT2D eigenvalue weighted by Gasteiger charge is -2.34. The Balaban J connectivity index is 1.50. The SMILES string of the molecule is COc1cc(N)c(Cl)cc1C(=O)NC1CCN(CC2CCCCCC2)CC1. The third-order valence-corrected chi connectivity index (χ3v) is 6.30. The summed E-state index contributed by atoms with van der Waals surface area (Å²) in [4.78, 5) is 15.3. The van der Waals surface area contributed by atoms with Gasteiger partial charge in [0.2, 0.25) is 0 Å². The van der Waals surface area contributed by atoms with Gasteiger partial charge in [-0.15, -0.1) is 0 Å². The maximum atomic E-state index is 12.7. The third kappa shape index (κ3) is 5.52. The number of hydrogen-bond donors (Lipinski definition) is 2. The lowest BCUT2D eigenvalue weighted by Crippen LogP contribution is -2.45. The number of amides is 1. The Morgan fingerprint density at radius 1 is 1.19 bits per heavy atom. The Morgan fingerprint density at radius 3 is 2.48 bits per heavy atom. The van der Waals surface area contributed by atoms with Crippen LogP contribution in [-0.4, -0.2) is 43.6 Å². The molecule has 1 aromatic carbocycles. The molecule has 6 heteroatoms. The minimum atomic E-state index is -0.143. The van der Waals surface area contributed by atoms with Crippen LogP contribution >= 0.6 is 11.6 Å². The van der Waals surface area contributed by atoms with Gasteiger partial charge >= 0.3 is 0 Å². The maximum Gasteiger partial charge on any atom is 0.255 e. The summed E-state index contributed by atoms with van der Waals surface area (Å²) in [5.74, 6) is 1.18. The highest BCUT2D eigenvalue weighted by Crippen LogP contribution is 2.29. The van der Waals surface area contributed by atoms with Crippen molar-refractivity contribution in [2.24, 2.45) is 5.92 Å². The number of piperidine rings is 1. The molecule has 5 nitrogen and oxygen atoms in total. The highest BCUT2D eigenvalue weighted by Gasteiger charge is 2.25. The second-order valence-electron chi connectivity index (χ2n) is 7.98. The normalized spacial score (nSPS) is 20.2. The minimum absolute atomic E-state index is 0.143. The van der Waals surface area contributed by atoms with E-state index in [1.165, 1.54) is 52.2 Å². The number of benzene rings is 1. The largest absolute Gasteiger partial charge is 0.496 e. The van der Waals surface area contributed by atoms with Gasteiger partial charge in [0, 0.05) is 31.7 Å². The molecular formula is C21H32ClN3O2. The van der Waals surface area contributed by atoms with E-state index in [1.807, 2.05) is 0 Å². The highest BCUT2D eigenvalue weighted by atomic mass is 35.5. The van der Waals surface area contributed by atoms with Crippen LogP contribution in [0.5, 0.6) is 5.75 Å². The molecule has 1 amide bonds. The first-order valence-electron chi connectivity index (χ1n) is 10.2. The molecule has 0 atom stereocenters. The van der Waals surface area contributed by atoms with Gasteiger partial charge in [-0.1, -0.05) is 37.3 Å². The Bertz CT molecular complexity index is 637. The van der Waals surface area contributed by atoms with Gasteiger partial charge in [-0.25, -0.2) is 0 Å². The first kappa shape index (κ1) is 20.3. The van der Waals surface area contributed by atoms with Gasteiger partial charge in [0.15, 0.2) is 0 Å². The summed E-state index contributed by atoms with van der Waals surface area (Å²) in [6, 6.07) is 3.39. The number of rotatable bonds is 5. The number of carbonyl (C=O) groups excluding carboxylic acids is 1. The van der Waals surface area contributed by atoms with Gasteiger partial charge in [-0.3, -0.25) is 4.79 Å². The minimum Gasteiger partial charge on any atom is -0.496 e. The topological polar surface area (TPSA) is 67.6 Å². The smallest absolute Gasteiger partial charge is 0.255 e. The van der Waals surface area contributed by atoms with Crippen LogP contribution in [0, 0.1) is 5.92 Å². The maximum absolute atomic E-state index is 12.7. The number of nitrogens with one attached hydrogen (secondary N) is 1. The Hall–Kier alpha value is -1.46. The molecule has 150 valence electrons. The number of likely N-dealkylation sites (tertiary alicyclic amines) is 1. The van der Waals surface area contributed by atoms with Crippen LogP contribution < -0.4 is 15.8 Å². The lowest BCUT2D eigenvalue weighted by atomic mass is 9.97. The second-order valence-corrected chi connectivity index (χ2v) is 8.39. The van der Waals surface area contributed by atoms with Gasteiger partial charge in [-0.05, 0) is 37.7 Å². The molecule has 1 aromatic rings. The van der Waals surface area contributed by atoms with Crippen molar-refractivity contribution < 1.29 is 9.53 Å². The van der Waals surface area contributed by atoms with Gasteiger partial charge in [0.05, 0.1) is 23.4 Å². The Kier molecular flexibility index (Phi) is 7.25. The van der Waals surface area contributed by atoms with Crippen molar-refractivity contribution in [2.75, 3.05) is 32.5 Å². The van der Waals surface area contributed by atoms with Crippen molar-refractivity contribution in [3.63, 3.8) is 0 Å². The molecule has 0 spiro atoms. The van der Waals surface area contributed by atoms with Crippen LogP contribution in [0.1, 0.15) is 61.7 Å². The Morgan fingerprint density at radius 2 is 1.85 bits per heavy atom. The number of carbonyl (C=O) groups is 1. The molecular weight excluding hydrogens is 362 g/mol. The van der Waals surface area contributed by atoms with E-state index >= 15 is 0 Å². The lowest BCUT2D eigenvalue weighted by molar-refractivity contribution is 0.0901. The predicted octanol–water partition coefficient (Wildman–Crippen LogP) is 4.10. The van der Waals surface area contributed by atoms with E-state index < -0.39 is 0 Å². The van der Waals surface area contributed by atoms with Gasteiger partial charge in [0.25, 0.3) is 5.91 Å². The van der Waals surface area contributed by atoms with Crippen LogP contribution in [0.15, 0.2) is 12.1 Å². The van der Waals surface area contributed by atoms with E-state index in [0.29, 0.717) is 22.0 Å². The molecule has 0 unspecified atom stereocenters. The number of hydrogen-bond acceptors (Lipinski definition) is 4. The van der Waals surface area contributed by atoms with Crippen molar-refractivity contribution in [1.29, 1.82) is 0 Å². The number of nitrogens with two attached hydrogens (primary N) is 1. The van der Waals surface area contributed by atoms with Crippen molar-refractivity contribution >= 4 is 23.2 Å². The molecule has 1 aliphatic heterocycles. The first-order chi connectivity index (χ1) is 13.1. The average molecular weight is 394 g/mol. The summed E-state index contributed by atoms with van der Waals surface area (Å²) in [6.07, 6.45) is 10.3. The standard InChI is InChI=1S/C21H32ClN3O2/c1-27-20-13-19(23)18(22)12-17(20)21(26)24-16-8-10-25(11-9-16)14-15-6-4-2-3-5-7-15/h12-13,15-16H,2-11,14,23H2,1H3,(H,24,26). The van der Waals surface area contributed by atoms with E-state index in [-0.39, 0.29) is 11.9 Å². The molecule has 1 saturated heterocycles. The van der Waals surface area contributed by atoms with Crippen LogP contribution in [0.4, 0.5) is 5.69 Å². The summed E-state index contributed by atoms with van der Waals surface area (Å²) >= 11 is 6.09. The number of nitrogen functional groups attached to an aromatic ring is 1. The predicted molar refractivity (Wildman–Crippen MR) is 111 cm³/mol. The number of halogens is 1. The number of nitrogens with zero attached hydrogens (tertiary/aromatic N) is 1. The zero-order valence-corrected chi connectivity index (χ0v) is 17.1. The summed E-state index contributed by atoms with van der Waals surface area (Å²) < 4.78 is 5.30. The van der Waals surface area contributed by atoms with Crippen molar-refractivity contribution in [1.82, 2.24) is 10.2 Å². The molecule has 0 bridgehead atoms. The van der Waals surface area contributed by atoms with Crippen molar-refractivity contribution in [2.45, 2.75) is 57.4 Å². The zero-order chi connectivity index (χ0) is 19.2. The van der Waals surface area contributed by atoms with E-state index in [9.17, 15) is 4.79 Å². The second kappa shape index (κ2) is 9.65. The molecule has 2 aliphatic rings. The Labute approximate surface area is 167 Å². The fraction of sp³-hybridized carbons (Fsp3) is 0.667. The summed E-state index contributed by atoms with van der Waals surface area (Å²) in [6.45, 7) is 3.34. The van der Waals surface area contributed by atoms with Gasteiger partial charge < -0.3 is 20.7 Å².